The number of rotatable bonds is 3. The number of aromatic nitrogens is 1. The third-order valence-corrected chi connectivity index (χ3v) is 4.38. The molecule has 1 N–H and O–H groups in total. The van der Waals surface area contributed by atoms with Gasteiger partial charge in [-0.05, 0) is 41.5 Å². The molecule has 1 aliphatic rings. The Bertz CT molecular complexity index is 581. The number of hydrogen-bond acceptors (Lipinski definition) is 3. The van der Waals surface area contributed by atoms with Gasteiger partial charge < -0.3 is 10.1 Å². The molecule has 2 heterocycles. The second-order valence-corrected chi connectivity index (χ2v) is 5.79. The number of benzene rings is 1. The minimum Gasteiger partial charge on any atom is -0.381 e. The minimum atomic E-state index is 0.237. The van der Waals surface area contributed by atoms with E-state index in [9.17, 15) is 0 Å². The van der Waals surface area contributed by atoms with E-state index in [0.29, 0.717) is 5.92 Å². The van der Waals surface area contributed by atoms with E-state index in [2.05, 4.69) is 39.4 Å². The van der Waals surface area contributed by atoms with Crippen molar-refractivity contribution in [3.05, 3.63) is 40.5 Å². The Hall–Kier alpha value is -0.970. The van der Waals surface area contributed by atoms with Crippen LogP contribution in [0.15, 0.2) is 34.8 Å². The zero-order valence-electron chi connectivity index (χ0n) is 10.9. The highest BCUT2D eigenvalue weighted by Crippen LogP contribution is 2.33. The molecule has 0 radical (unpaired) electrons. The van der Waals surface area contributed by atoms with Crippen molar-refractivity contribution in [3.8, 4) is 0 Å². The second-order valence-electron chi connectivity index (χ2n) is 4.94. The fraction of sp³-hybridized carbons (Fsp3) is 0.400. The number of pyridine rings is 1. The molecule has 2 unspecified atom stereocenters. The van der Waals surface area contributed by atoms with Crippen LogP contribution in [0.3, 0.4) is 0 Å². The average Bonchev–Trinajstić information content (AvgIpc) is 2.94. The van der Waals surface area contributed by atoms with Gasteiger partial charge in [-0.3, -0.25) is 0 Å². The van der Waals surface area contributed by atoms with Crippen molar-refractivity contribution >= 4 is 26.8 Å². The standard InChI is InChI=1S/C15H17BrN2O/c1-17-14(11-6-7-19-9-11)15-12(16)8-10-4-2-3-5-13(10)18-15/h2-5,8,11,14,17H,6-7,9H2,1H3. The van der Waals surface area contributed by atoms with Gasteiger partial charge in [0.15, 0.2) is 0 Å². The Morgan fingerprint density at radius 3 is 3.00 bits per heavy atom. The fourth-order valence-electron chi connectivity index (χ4n) is 2.73. The smallest absolute Gasteiger partial charge is 0.0726 e. The minimum absolute atomic E-state index is 0.237. The molecule has 0 aliphatic carbocycles. The van der Waals surface area contributed by atoms with Crippen LogP contribution < -0.4 is 5.32 Å². The molecular formula is C15H17BrN2O. The maximum absolute atomic E-state index is 5.51. The summed E-state index contributed by atoms with van der Waals surface area (Å²) in [5, 5.41) is 4.56. The molecule has 1 fully saturated rings. The summed E-state index contributed by atoms with van der Waals surface area (Å²) < 4.78 is 6.57. The fourth-order valence-corrected chi connectivity index (χ4v) is 3.32. The largest absolute Gasteiger partial charge is 0.381 e. The Labute approximate surface area is 121 Å². The third kappa shape index (κ3) is 2.53. The van der Waals surface area contributed by atoms with Crippen molar-refractivity contribution in [2.75, 3.05) is 20.3 Å². The molecule has 0 spiro atoms. The third-order valence-electron chi connectivity index (χ3n) is 3.75. The van der Waals surface area contributed by atoms with Crippen LogP contribution in [0.25, 0.3) is 10.9 Å². The van der Waals surface area contributed by atoms with Gasteiger partial charge in [-0.15, -0.1) is 0 Å². The SMILES string of the molecule is CNC(c1nc2ccccc2cc1Br)C1CCOC1. The van der Waals surface area contributed by atoms with Gasteiger partial charge in [0.2, 0.25) is 0 Å². The topological polar surface area (TPSA) is 34.2 Å². The van der Waals surface area contributed by atoms with Crippen molar-refractivity contribution in [1.29, 1.82) is 0 Å². The first kappa shape index (κ1) is 13.0. The number of ether oxygens (including phenoxy) is 1. The van der Waals surface area contributed by atoms with Gasteiger partial charge in [0.05, 0.1) is 23.9 Å². The van der Waals surface area contributed by atoms with Crippen LogP contribution in [-0.2, 0) is 4.74 Å². The molecule has 3 nitrogen and oxygen atoms in total. The normalized spacial score (nSPS) is 20.8. The van der Waals surface area contributed by atoms with Gasteiger partial charge in [0.25, 0.3) is 0 Å². The molecule has 1 aromatic carbocycles. The summed E-state index contributed by atoms with van der Waals surface area (Å²) in [4.78, 5) is 4.83. The highest BCUT2D eigenvalue weighted by Gasteiger charge is 2.28. The zero-order valence-corrected chi connectivity index (χ0v) is 12.5. The lowest BCUT2D eigenvalue weighted by Crippen LogP contribution is -2.26. The second kappa shape index (κ2) is 5.57. The summed E-state index contributed by atoms with van der Waals surface area (Å²) in [6.45, 7) is 1.67. The first-order valence-electron chi connectivity index (χ1n) is 6.60. The monoisotopic (exact) mass is 320 g/mol. The molecule has 1 saturated heterocycles. The number of nitrogens with one attached hydrogen (secondary N) is 1. The molecule has 0 saturated carbocycles. The summed E-state index contributed by atoms with van der Waals surface area (Å²) in [5.74, 6) is 0.495. The first-order chi connectivity index (χ1) is 9.29. The Balaban J connectivity index is 2.04. The van der Waals surface area contributed by atoms with Gasteiger partial charge in [0, 0.05) is 22.4 Å². The summed E-state index contributed by atoms with van der Waals surface area (Å²) in [7, 11) is 1.99. The van der Waals surface area contributed by atoms with E-state index in [1.54, 1.807) is 0 Å². The van der Waals surface area contributed by atoms with Crippen LogP contribution >= 0.6 is 15.9 Å². The summed E-state index contributed by atoms with van der Waals surface area (Å²) in [6.07, 6.45) is 1.09. The van der Waals surface area contributed by atoms with E-state index in [4.69, 9.17) is 9.72 Å². The maximum atomic E-state index is 5.51. The van der Waals surface area contributed by atoms with Crippen molar-refractivity contribution < 1.29 is 4.74 Å². The van der Waals surface area contributed by atoms with Crippen molar-refractivity contribution in [3.63, 3.8) is 0 Å². The van der Waals surface area contributed by atoms with Crippen molar-refractivity contribution in [1.82, 2.24) is 10.3 Å². The predicted molar refractivity (Wildman–Crippen MR) is 80.2 cm³/mol. The molecule has 0 amide bonds. The highest BCUT2D eigenvalue weighted by molar-refractivity contribution is 9.10. The van der Waals surface area contributed by atoms with E-state index < -0.39 is 0 Å². The Morgan fingerprint density at radius 2 is 2.26 bits per heavy atom. The van der Waals surface area contributed by atoms with Crippen LogP contribution in [0.2, 0.25) is 0 Å². The lowest BCUT2D eigenvalue weighted by atomic mass is 9.95. The number of nitrogens with zero attached hydrogens (tertiary/aromatic N) is 1. The number of para-hydroxylation sites is 1. The van der Waals surface area contributed by atoms with Crippen molar-refractivity contribution in [2.45, 2.75) is 12.5 Å². The van der Waals surface area contributed by atoms with Gasteiger partial charge >= 0.3 is 0 Å². The van der Waals surface area contributed by atoms with Gasteiger partial charge in [-0.2, -0.15) is 0 Å². The van der Waals surface area contributed by atoms with E-state index in [1.165, 1.54) is 0 Å². The predicted octanol–water partition coefficient (Wildman–Crippen LogP) is 3.29. The van der Waals surface area contributed by atoms with E-state index >= 15 is 0 Å². The molecule has 1 aliphatic heterocycles. The van der Waals surface area contributed by atoms with Crippen LogP contribution in [-0.4, -0.2) is 25.2 Å². The molecule has 19 heavy (non-hydrogen) atoms. The first-order valence-corrected chi connectivity index (χ1v) is 7.39. The van der Waals surface area contributed by atoms with E-state index in [-0.39, 0.29) is 6.04 Å². The lowest BCUT2D eigenvalue weighted by Gasteiger charge is -2.22. The molecule has 100 valence electrons. The highest BCUT2D eigenvalue weighted by atomic mass is 79.9. The molecule has 3 rings (SSSR count). The molecule has 2 aromatic rings. The van der Waals surface area contributed by atoms with Gasteiger partial charge in [-0.25, -0.2) is 4.98 Å². The summed E-state index contributed by atoms with van der Waals surface area (Å²) in [6, 6.07) is 10.6. The van der Waals surface area contributed by atoms with Crippen LogP contribution in [0.1, 0.15) is 18.2 Å². The Morgan fingerprint density at radius 1 is 1.42 bits per heavy atom. The number of fused-ring (bicyclic) bond motifs is 1. The quantitative estimate of drug-likeness (QED) is 0.942. The molecule has 0 bridgehead atoms. The van der Waals surface area contributed by atoms with E-state index in [0.717, 1.165) is 40.7 Å². The summed E-state index contributed by atoms with van der Waals surface area (Å²) >= 11 is 3.66. The van der Waals surface area contributed by atoms with Crippen LogP contribution in [0.4, 0.5) is 0 Å². The molecule has 4 heteroatoms. The van der Waals surface area contributed by atoms with Crippen LogP contribution in [0, 0.1) is 5.92 Å². The number of halogens is 1. The molecule has 1 aromatic heterocycles. The van der Waals surface area contributed by atoms with E-state index in [1.807, 2.05) is 19.2 Å². The van der Waals surface area contributed by atoms with Gasteiger partial charge in [0.1, 0.15) is 0 Å². The average molecular weight is 321 g/mol. The zero-order chi connectivity index (χ0) is 13.2. The Kier molecular flexibility index (Phi) is 3.82. The van der Waals surface area contributed by atoms with Crippen molar-refractivity contribution in [2.24, 2.45) is 5.92 Å². The van der Waals surface area contributed by atoms with Gasteiger partial charge in [-0.1, -0.05) is 18.2 Å². The molecule has 2 atom stereocenters. The maximum Gasteiger partial charge on any atom is 0.0726 e. The molecular weight excluding hydrogens is 304 g/mol. The lowest BCUT2D eigenvalue weighted by molar-refractivity contribution is 0.177. The number of hydrogen-bond donors (Lipinski definition) is 1. The summed E-state index contributed by atoms with van der Waals surface area (Å²) in [5.41, 5.74) is 2.12. The van der Waals surface area contributed by atoms with Crippen LogP contribution in [0.5, 0.6) is 0 Å².